The van der Waals surface area contributed by atoms with E-state index < -0.39 is 0 Å². The van der Waals surface area contributed by atoms with E-state index in [4.69, 9.17) is 0 Å². The van der Waals surface area contributed by atoms with Crippen LogP contribution in [0.25, 0.3) is 0 Å². The summed E-state index contributed by atoms with van der Waals surface area (Å²) in [6, 6.07) is 6.10. The van der Waals surface area contributed by atoms with Crippen LogP contribution in [0.2, 0.25) is 0 Å². The number of benzene rings is 1. The third-order valence-corrected chi connectivity index (χ3v) is 3.69. The van der Waals surface area contributed by atoms with Crippen molar-refractivity contribution < 1.29 is 5.11 Å². The normalized spacial score (nSPS) is 14.6. The van der Waals surface area contributed by atoms with Gasteiger partial charge in [-0.25, -0.2) is 0 Å². The number of phenols is 1. The molecule has 1 aromatic carbocycles. The molecule has 1 heteroatoms. The lowest BCUT2D eigenvalue weighted by Gasteiger charge is -2.13. The van der Waals surface area contributed by atoms with E-state index >= 15 is 0 Å². The highest BCUT2D eigenvalue weighted by Crippen LogP contribution is 2.24. The number of hydrogen-bond acceptors (Lipinski definition) is 1. The zero-order chi connectivity index (χ0) is 12.8. The first kappa shape index (κ1) is 14.1. The summed E-state index contributed by atoms with van der Waals surface area (Å²) in [5.41, 5.74) is 2.47. The van der Waals surface area contributed by atoms with Crippen LogP contribution >= 0.6 is 0 Å². The Kier molecular flexibility index (Phi) is 5.54. The van der Waals surface area contributed by atoms with Gasteiger partial charge in [0.05, 0.1) is 0 Å². The molecule has 1 rings (SSSR count). The Morgan fingerprint density at radius 2 is 1.59 bits per heavy atom. The largest absolute Gasteiger partial charge is 0.508 e. The molecule has 2 atom stereocenters. The molecule has 1 N–H and O–H groups in total. The van der Waals surface area contributed by atoms with Crippen LogP contribution in [0.4, 0.5) is 0 Å². The van der Waals surface area contributed by atoms with Crippen molar-refractivity contribution in [1.29, 1.82) is 0 Å². The number of phenolic OH excluding ortho intramolecular Hbond substituents is 1. The van der Waals surface area contributed by atoms with E-state index in [0.29, 0.717) is 11.7 Å². The second-order valence-corrected chi connectivity index (χ2v) is 5.40. The van der Waals surface area contributed by atoms with Gasteiger partial charge in [-0.1, -0.05) is 52.7 Å². The molecule has 0 radical (unpaired) electrons. The molecule has 1 aromatic rings. The summed E-state index contributed by atoms with van der Waals surface area (Å²) in [5, 5.41) is 9.87. The SMILES string of the molecule is CC[C@@H](C)Cc1ccc(O)c(C[C@H](C)CC)c1. The molecule has 0 saturated heterocycles. The minimum Gasteiger partial charge on any atom is -0.508 e. The molecule has 96 valence electrons. The summed E-state index contributed by atoms with van der Waals surface area (Å²) in [5.74, 6) is 1.81. The molecule has 0 bridgehead atoms. The van der Waals surface area contributed by atoms with Gasteiger partial charge in [0.2, 0.25) is 0 Å². The van der Waals surface area contributed by atoms with Crippen molar-refractivity contribution in [2.75, 3.05) is 0 Å². The van der Waals surface area contributed by atoms with Crippen LogP contribution in [0.15, 0.2) is 18.2 Å². The Morgan fingerprint density at radius 3 is 2.18 bits per heavy atom. The van der Waals surface area contributed by atoms with Crippen LogP contribution in [-0.4, -0.2) is 5.11 Å². The first-order valence-corrected chi connectivity index (χ1v) is 6.87. The summed E-state index contributed by atoms with van der Waals surface area (Å²) >= 11 is 0. The van der Waals surface area contributed by atoms with Crippen LogP contribution in [0.1, 0.15) is 51.7 Å². The highest BCUT2D eigenvalue weighted by atomic mass is 16.3. The van der Waals surface area contributed by atoms with Gasteiger partial charge in [-0.3, -0.25) is 0 Å². The Labute approximate surface area is 106 Å². The van der Waals surface area contributed by atoms with Gasteiger partial charge in [-0.05, 0) is 41.9 Å². The summed E-state index contributed by atoms with van der Waals surface area (Å²) in [6.07, 6.45) is 4.47. The summed E-state index contributed by atoms with van der Waals surface area (Å²) in [7, 11) is 0. The molecule has 0 amide bonds. The monoisotopic (exact) mass is 234 g/mol. The van der Waals surface area contributed by atoms with Gasteiger partial charge in [0.1, 0.15) is 5.75 Å². The fourth-order valence-corrected chi connectivity index (χ4v) is 2.00. The van der Waals surface area contributed by atoms with E-state index in [1.165, 1.54) is 12.0 Å². The predicted molar refractivity (Wildman–Crippen MR) is 74.4 cm³/mol. The maximum absolute atomic E-state index is 9.87. The molecule has 0 aliphatic rings. The van der Waals surface area contributed by atoms with E-state index in [1.807, 2.05) is 6.07 Å². The standard InChI is InChI=1S/C16H26O/c1-5-12(3)9-14-7-8-16(17)15(11-14)10-13(4)6-2/h7-8,11-13,17H,5-6,9-10H2,1-4H3/t12-,13-/m1/s1. The van der Waals surface area contributed by atoms with Gasteiger partial charge in [0, 0.05) is 0 Å². The average molecular weight is 234 g/mol. The van der Waals surface area contributed by atoms with Crippen molar-refractivity contribution in [3.8, 4) is 5.75 Å². The third-order valence-electron chi connectivity index (χ3n) is 3.69. The van der Waals surface area contributed by atoms with Gasteiger partial charge < -0.3 is 5.11 Å². The molecular weight excluding hydrogens is 208 g/mol. The maximum atomic E-state index is 9.87. The summed E-state index contributed by atoms with van der Waals surface area (Å²) in [4.78, 5) is 0. The van der Waals surface area contributed by atoms with Gasteiger partial charge in [0.25, 0.3) is 0 Å². The van der Waals surface area contributed by atoms with Gasteiger partial charge in [-0.15, -0.1) is 0 Å². The smallest absolute Gasteiger partial charge is 0.118 e. The first-order chi connectivity index (χ1) is 8.06. The highest BCUT2D eigenvalue weighted by molar-refractivity contribution is 5.36. The Bertz CT molecular complexity index is 343. The second kappa shape index (κ2) is 6.68. The summed E-state index contributed by atoms with van der Waals surface area (Å²) in [6.45, 7) is 8.94. The molecule has 0 saturated carbocycles. The Hall–Kier alpha value is -0.980. The van der Waals surface area contributed by atoms with Crippen molar-refractivity contribution in [3.05, 3.63) is 29.3 Å². The molecule has 1 nitrogen and oxygen atoms in total. The molecule has 0 aromatic heterocycles. The van der Waals surface area contributed by atoms with Crippen molar-refractivity contribution in [2.45, 2.75) is 53.4 Å². The lowest BCUT2D eigenvalue weighted by Crippen LogP contribution is -2.01. The predicted octanol–water partition coefficient (Wildman–Crippen LogP) is 4.57. The lowest BCUT2D eigenvalue weighted by molar-refractivity contribution is 0.456. The van der Waals surface area contributed by atoms with Crippen molar-refractivity contribution in [3.63, 3.8) is 0 Å². The molecule has 0 heterocycles. The van der Waals surface area contributed by atoms with E-state index in [-0.39, 0.29) is 0 Å². The van der Waals surface area contributed by atoms with Crippen molar-refractivity contribution >= 4 is 0 Å². The van der Waals surface area contributed by atoms with Crippen LogP contribution in [0.3, 0.4) is 0 Å². The number of hydrogen-bond donors (Lipinski definition) is 1. The summed E-state index contributed by atoms with van der Waals surface area (Å²) < 4.78 is 0. The topological polar surface area (TPSA) is 20.2 Å². The molecule has 17 heavy (non-hydrogen) atoms. The third kappa shape index (κ3) is 4.41. The fraction of sp³-hybridized carbons (Fsp3) is 0.625. The molecule has 0 fully saturated rings. The first-order valence-electron chi connectivity index (χ1n) is 6.87. The average Bonchev–Trinajstić information content (AvgIpc) is 2.33. The minimum atomic E-state index is 0.457. The fourth-order valence-electron chi connectivity index (χ4n) is 2.00. The van der Waals surface area contributed by atoms with Gasteiger partial charge in [0.15, 0.2) is 0 Å². The molecular formula is C16H26O. The molecule has 0 aliphatic carbocycles. The van der Waals surface area contributed by atoms with E-state index in [1.54, 1.807) is 0 Å². The van der Waals surface area contributed by atoms with Crippen LogP contribution in [0, 0.1) is 11.8 Å². The highest BCUT2D eigenvalue weighted by Gasteiger charge is 2.08. The van der Waals surface area contributed by atoms with E-state index in [9.17, 15) is 5.11 Å². The minimum absolute atomic E-state index is 0.457. The van der Waals surface area contributed by atoms with Crippen molar-refractivity contribution in [2.24, 2.45) is 11.8 Å². The lowest BCUT2D eigenvalue weighted by atomic mass is 9.93. The molecule has 0 unspecified atom stereocenters. The Morgan fingerprint density at radius 1 is 1.00 bits per heavy atom. The van der Waals surface area contributed by atoms with Crippen LogP contribution in [-0.2, 0) is 12.8 Å². The second-order valence-electron chi connectivity index (χ2n) is 5.40. The number of rotatable bonds is 6. The van der Waals surface area contributed by atoms with Crippen LogP contribution in [0.5, 0.6) is 5.75 Å². The quantitative estimate of drug-likeness (QED) is 0.764. The van der Waals surface area contributed by atoms with E-state index in [0.717, 1.165) is 30.7 Å². The molecule has 0 aliphatic heterocycles. The number of aromatic hydroxyl groups is 1. The Balaban J connectivity index is 2.79. The van der Waals surface area contributed by atoms with Crippen LogP contribution < -0.4 is 0 Å². The zero-order valence-corrected chi connectivity index (χ0v) is 11.7. The van der Waals surface area contributed by atoms with Gasteiger partial charge in [-0.2, -0.15) is 0 Å². The van der Waals surface area contributed by atoms with Crippen molar-refractivity contribution in [1.82, 2.24) is 0 Å². The zero-order valence-electron chi connectivity index (χ0n) is 11.7. The molecule has 0 spiro atoms. The van der Waals surface area contributed by atoms with Gasteiger partial charge >= 0.3 is 0 Å². The van der Waals surface area contributed by atoms with E-state index in [2.05, 4.69) is 39.8 Å². The maximum Gasteiger partial charge on any atom is 0.118 e.